The van der Waals surface area contributed by atoms with Gasteiger partial charge in [0, 0.05) is 17.8 Å². The number of carbonyl (C=O) groups is 1. The molecule has 0 aliphatic rings. The molecule has 0 saturated heterocycles. The summed E-state index contributed by atoms with van der Waals surface area (Å²) in [5.74, 6) is -1.24. The van der Waals surface area contributed by atoms with Crippen LogP contribution in [0.2, 0.25) is 0 Å². The topological polar surface area (TPSA) is 83.5 Å². The van der Waals surface area contributed by atoms with Crippen LogP contribution >= 0.6 is 0 Å². The van der Waals surface area contributed by atoms with Gasteiger partial charge < -0.3 is 10.4 Å². The number of aryl methyl sites for hydroxylation is 1. The van der Waals surface area contributed by atoms with Gasteiger partial charge in [0.05, 0.1) is 16.2 Å². The van der Waals surface area contributed by atoms with Crippen molar-refractivity contribution in [2.24, 2.45) is 0 Å². The second-order valence-corrected chi connectivity index (χ2v) is 8.45. The maximum absolute atomic E-state index is 12.7. The zero-order valence-corrected chi connectivity index (χ0v) is 16.2. The molecule has 2 rings (SSSR count). The fourth-order valence-electron chi connectivity index (χ4n) is 2.81. The molecule has 0 unspecified atom stereocenters. The molecule has 26 heavy (non-hydrogen) atoms. The van der Waals surface area contributed by atoms with Crippen LogP contribution in [0.25, 0.3) is 11.1 Å². The third-order valence-corrected chi connectivity index (χ3v) is 6.08. The lowest BCUT2D eigenvalue weighted by Crippen LogP contribution is -2.12. The maximum Gasteiger partial charge on any atom is 0.335 e. The summed E-state index contributed by atoms with van der Waals surface area (Å²) in [6.07, 6.45) is 1.88. The van der Waals surface area contributed by atoms with Crippen LogP contribution in [0.5, 0.6) is 0 Å². The van der Waals surface area contributed by atoms with Gasteiger partial charge >= 0.3 is 5.97 Å². The third-order valence-electron chi connectivity index (χ3n) is 4.32. The fourth-order valence-corrected chi connectivity index (χ4v) is 3.96. The summed E-state index contributed by atoms with van der Waals surface area (Å²) in [4.78, 5) is 11.6. The van der Waals surface area contributed by atoms with E-state index in [4.69, 9.17) is 0 Å². The maximum atomic E-state index is 12.7. The van der Waals surface area contributed by atoms with Crippen LogP contribution in [-0.4, -0.2) is 31.8 Å². The lowest BCUT2D eigenvalue weighted by atomic mass is 9.97. The minimum atomic E-state index is -3.61. The summed E-state index contributed by atoms with van der Waals surface area (Å²) in [6.45, 7) is 6.18. The standard InChI is InChI=1S/C20H25NO4S/c1-4-6-11-21-17-12-15(20(22)23)13-18(26(24,25)5-2)19(17)16-10-8-7-9-14(16)3/h7-10,12-13,21H,4-6,11H2,1-3H3,(H,22,23). The predicted octanol–water partition coefficient (Wildman–Crippen LogP) is 4.37. The Balaban J connectivity index is 2.83. The molecule has 0 aromatic heterocycles. The second kappa shape index (κ2) is 8.36. The van der Waals surface area contributed by atoms with Crippen molar-refractivity contribution < 1.29 is 18.3 Å². The number of unbranched alkanes of at least 4 members (excludes halogenated alkanes) is 1. The Hall–Kier alpha value is -2.34. The van der Waals surface area contributed by atoms with Crippen LogP contribution in [0.3, 0.4) is 0 Å². The molecule has 0 radical (unpaired) electrons. The second-order valence-electron chi connectivity index (χ2n) is 6.20. The Morgan fingerprint density at radius 3 is 2.42 bits per heavy atom. The SMILES string of the molecule is CCCCNc1cc(C(=O)O)cc(S(=O)(=O)CC)c1-c1ccccc1C. The van der Waals surface area contributed by atoms with Crippen LogP contribution in [0.1, 0.15) is 42.6 Å². The van der Waals surface area contributed by atoms with Crippen molar-refractivity contribution in [1.29, 1.82) is 0 Å². The molecule has 140 valence electrons. The number of nitrogens with one attached hydrogen (secondary N) is 1. The summed E-state index contributed by atoms with van der Waals surface area (Å²) >= 11 is 0. The van der Waals surface area contributed by atoms with E-state index in [1.165, 1.54) is 12.1 Å². The number of carboxylic acid groups (broad SMARTS) is 1. The molecule has 2 N–H and O–H groups in total. The Bertz CT molecular complexity index is 904. The van der Waals surface area contributed by atoms with E-state index in [0.717, 1.165) is 24.0 Å². The zero-order chi connectivity index (χ0) is 19.3. The molecule has 0 spiro atoms. The molecule has 0 amide bonds. The molecule has 5 nitrogen and oxygen atoms in total. The molecule has 0 heterocycles. The summed E-state index contributed by atoms with van der Waals surface area (Å²) in [6, 6.07) is 10.3. The van der Waals surface area contributed by atoms with Crippen molar-refractivity contribution >= 4 is 21.5 Å². The van der Waals surface area contributed by atoms with Gasteiger partial charge in [0.2, 0.25) is 0 Å². The molecule has 0 saturated carbocycles. The lowest BCUT2D eigenvalue weighted by molar-refractivity contribution is 0.0696. The first-order valence-corrected chi connectivity index (χ1v) is 10.4. The number of anilines is 1. The first kappa shape index (κ1) is 20.0. The van der Waals surface area contributed by atoms with Gasteiger partial charge in [-0.1, -0.05) is 44.5 Å². The molecule has 0 atom stereocenters. The summed E-state index contributed by atoms with van der Waals surface area (Å²) in [5.41, 5.74) is 2.77. The van der Waals surface area contributed by atoms with Crippen LogP contribution < -0.4 is 5.32 Å². The largest absolute Gasteiger partial charge is 0.478 e. The highest BCUT2D eigenvalue weighted by molar-refractivity contribution is 7.91. The zero-order valence-electron chi connectivity index (χ0n) is 15.4. The van der Waals surface area contributed by atoms with Crippen molar-refractivity contribution in [3.8, 4) is 11.1 Å². The van der Waals surface area contributed by atoms with E-state index in [-0.39, 0.29) is 16.2 Å². The number of carboxylic acids is 1. The van der Waals surface area contributed by atoms with Crippen molar-refractivity contribution in [2.75, 3.05) is 17.6 Å². The molecule has 2 aromatic carbocycles. The highest BCUT2D eigenvalue weighted by Crippen LogP contribution is 2.38. The molecule has 0 bridgehead atoms. The number of hydrogen-bond acceptors (Lipinski definition) is 4. The first-order chi connectivity index (χ1) is 12.3. The Morgan fingerprint density at radius 1 is 1.15 bits per heavy atom. The fraction of sp³-hybridized carbons (Fsp3) is 0.350. The molecular formula is C20H25NO4S. The van der Waals surface area contributed by atoms with Crippen molar-refractivity contribution in [1.82, 2.24) is 0 Å². The summed E-state index contributed by atoms with van der Waals surface area (Å²) in [7, 11) is -3.61. The summed E-state index contributed by atoms with van der Waals surface area (Å²) in [5, 5.41) is 12.7. The van der Waals surface area contributed by atoms with E-state index < -0.39 is 15.8 Å². The molecular weight excluding hydrogens is 350 g/mol. The van der Waals surface area contributed by atoms with Gasteiger partial charge in [-0.15, -0.1) is 0 Å². The molecule has 0 aliphatic heterocycles. The quantitative estimate of drug-likeness (QED) is 0.670. The minimum absolute atomic E-state index is 0.0339. The number of aromatic carboxylic acids is 1. The number of sulfone groups is 1. The van der Waals surface area contributed by atoms with Crippen LogP contribution in [0.4, 0.5) is 5.69 Å². The number of benzene rings is 2. The van der Waals surface area contributed by atoms with E-state index in [2.05, 4.69) is 12.2 Å². The molecule has 2 aromatic rings. The highest BCUT2D eigenvalue weighted by atomic mass is 32.2. The predicted molar refractivity (Wildman–Crippen MR) is 105 cm³/mol. The number of hydrogen-bond donors (Lipinski definition) is 2. The van der Waals surface area contributed by atoms with Crippen LogP contribution in [-0.2, 0) is 9.84 Å². The van der Waals surface area contributed by atoms with Crippen molar-refractivity contribution in [2.45, 2.75) is 38.5 Å². The van der Waals surface area contributed by atoms with Gasteiger partial charge in [0.25, 0.3) is 0 Å². The molecule has 0 fully saturated rings. The number of rotatable bonds is 8. The van der Waals surface area contributed by atoms with Gasteiger partial charge in [0.15, 0.2) is 9.84 Å². The molecule has 0 aliphatic carbocycles. The highest BCUT2D eigenvalue weighted by Gasteiger charge is 2.24. The average Bonchev–Trinajstić information content (AvgIpc) is 2.62. The van der Waals surface area contributed by atoms with Gasteiger partial charge in [-0.3, -0.25) is 0 Å². The Morgan fingerprint density at radius 2 is 1.85 bits per heavy atom. The van der Waals surface area contributed by atoms with E-state index in [1.807, 2.05) is 31.2 Å². The van der Waals surface area contributed by atoms with Gasteiger partial charge in [0.1, 0.15) is 0 Å². The Labute approximate surface area is 155 Å². The van der Waals surface area contributed by atoms with Crippen molar-refractivity contribution in [3.05, 3.63) is 47.5 Å². The smallest absolute Gasteiger partial charge is 0.335 e. The van der Waals surface area contributed by atoms with E-state index in [0.29, 0.717) is 17.8 Å². The lowest BCUT2D eigenvalue weighted by Gasteiger charge is -2.19. The first-order valence-electron chi connectivity index (χ1n) is 8.75. The van der Waals surface area contributed by atoms with E-state index in [9.17, 15) is 18.3 Å². The summed E-state index contributed by atoms with van der Waals surface area (Å²) < 4.78 is 25.5. The van der Waals surface area contributed by atoms with Crippen molar-refractivity contribution in [3.63, 3.8) is 0 Å². The average molecular weight is 375 g/mol. The van der Waals surface area contributed by atoms with Crippen LogP contribution in [0.15, 0.2) is 41.3 Å². The van der Waals surface area contributed by atoms with Gasteiger partial charge in [-0.05, 0) is 36.6 Å². The van der Waals surface area contributed by atoms with Crippen LogP contribution in [0, 0.1) is 6.92 Å². The minimum Gasteiger partial charge on any atom is -0.478 e. The normalized spacial score (nSPS) is 11.3. The van der Waals surface area contributed by atoms with Gasteiger partial charge in [-0.2, -0.15) is 0 Å². The Kier molecular flexibility index (Phi) is 6.42. The van der Waals surface area contributed by atoms with Gasteiger partial charge in [-0.25, -0.2) is 13.2 Å². The van der Waals surface area contributed by atoms with E-state index >= 15 is 0 Å². The molecule has 6 heteroatoms. The monoisotopic (exact) mass is 375 g/mol. The van der Waals surface area contributed by atoms with E-state index in [1.54, 1.807) is 6.92 Å². The third kappa shape index (κ3) is 4.25.